The highest BCUT2D eigenvalue weighted by molar-refractivity contribution is 8.00. The summed E-state index contributed by atoms with van der Waals surface area (Å²) in [6.07, 6.45) is 0.350. The van der Waals surface area contributed by atoms with Gasteiger partial charge in [-0.2, -0.15) is 0 Å². The van der Waals surface area contributed by atoms with Gasteiger partial charge in [0.25, 0.3) is 5.91 Å². The van der Waals surface area contributed by atoms with Crippen molar-refractivity contribution >= 4 is 58.5 Å². The summed E-state index contributed by atoms with van der Waals surface area (Å²) in [5.74, 6) is -1.63. The number of carbonyl (C=O) groups is 5. The van der Waals surface area contributed by atoms with Gasteiger partial charge in [0.15, 0.2) is 17.3 Å². The fraction of sp³-hybridized carbons (Fsp3) is 0.273. The van der Waals surface area contributed by atoms with E-state index in [1.807, 2.05) is 60.7 Å². The molecule has 14 heteroatoms. The minimum Gasteiger partial charge on any atom is -0.448 e. The number of hydrogen-bond acceptors (Lipinski definition) is 10. The Morgan fingerprint density at radius 2 is 1.70 bits per heavy atom. The van der Waals surface area contributed by atoms with Gasteiger partial charge in [0.2, 0.25) is 12.3 Å². The van der Waals surface area contributed by atoms with Gasteiger partial charge in [-0.25, -0.2) is 14.6 Å². The van der Waals surface area contributed by atoms with E-state index >= 15 is 0 Å². The number of aromatic nitrogens is 1. The van der Waals surface area contributed by atoms with Crippen LogP contribution in [0, 0.1) is 0 Å². The van der Waals surface area contributed by atoms with Gasteiger partial charge >= 0.3 is 12.1 Å². The molecular weight excluding hydrogens is 643 g/mol. The minimum atomic E-state index is -1.35. The maximum atomic E-state index is 13.9. The number of β-lactam (4-membered cyclic amide) rings is 1. The molecule has 2 aliphatic rings. The number of carbonyl (C=O) groups excluding carboxylic acids is 5. The number of fused-ring (bicyclic) bond motifs is 1. The Kier molecular flexibility index (Phi) is 10.1. The molecule has 2 unspecified atom stereocenters. The lowest BCUT2D eigenvalue weighted by Gasteiger charge is -2.49. The highest BCUT2D eigenvalue weighted by atomic mass is 32.2. The quantitative estimate of drug-likeness (QED) is 0.152. The second-order valence-corrected chi connectivity index (χ2v) is 13.5. The number of allylic oxidation sites excluding steroid dienone is 1. The molecule has 47 heavy (non-hydrogen) atoms. The van der Waals surface area contributed by atoms with E-state index in [1.165, 1.54) is 28.1 Å². The number of amides is 4. The van der Waals surface area contributed by atoms with E-state index in [0.29, 0.717) is 17.7 Å². The number of nitrogens with one attached hydrogen (secondary N) is 3. The van der Waals surface area contributed by atoms with Crippen LogP contribution in [0.5, 0.6) is 0 Å². The smallest absolute Gasteiger partial charge is 0.408 e. The predicted octanol–water partition coefficient (Wildman–Crippen LogP) is 4.45. The molecule has 3 atom stereocenters. The first-order chi connectivity index (χ1) is 22.5. The molecule has 0 spiro atoms. The van der Waals surface area contributed by atoms with Crippen molar-refractivity contribution in [2.24, 2.45) is 0 Å². The Labute approximate surface area is 279 Å². The molecule has 2 aliphatic heterocycles. The third kappa shape index (κ3) is 7.55. The molecule has 3 N–H and O–H groups in total. The van der Waals surface area contributed by atoms with Crippen LogP contribution in [0.3, 0.4) is 0 Å². The topological polar surface area (TPSA) is 156 Å². The summed E-state index contributed by atoms with van der Waals surface area (Å²) in [5.41, 5.74) is 1.38. The molecule has 244 valence electrons. The molecule has 2 aromatic carbocycles. The Morgan fingerprint density at radius 3 is 2.28 bits per heavy atom. The zero-order valence-corrected chi connectivity index (χ0v) is 27.4. The molecule has 1 saturated heterocycles. The lowest BCUT2D eigenvalue weighted by molar-refractivity contribution is -0.154. The van der Waals surface area contributed by atoms with Crippen molar-refractivity contribution < 1.29 is 33.4 Å². The number of nitrogens with zero attached hydrogens (tertiary/aromatic N) is 2. The number of thiazole rings is 1. The van der Waals surface area contributed by atoms with Crippen molar-refractivity contribution in [3.05, 3.63) is 107 Å². The van der Waals surface area contributed by atoms with E-state index in [2.05, 4.69) is 27.5 Å². The lowest BCUT2D eigenvalue weighted by atomic mass is 10.0. The van der Waals surface area contributed by atoms with E-state index < -0.39 is 53.0 Å². The first kappa shape index (κ1) is 33.4. The van der Waals surface area contributed by atoms with E-state index in [9.17, 15) is 24.0 Å². The van der Waals surface area contributed by atoms with Crippen LogP contribution in [0.2, 0.25) is 0 Å². The molecule has 0 radical (unpaired) electrons. The van der Waals surface area contributed by atoms with Crippen LogP contribution in [-0.4, -0.2) is 62.9 Å². The Balaban J connectivity index is 1.36. The van der Waals surface area contributed by atoms with Crippen molar-refractivity contribution in [2.75, 3.05) is 11.1 Å². The van der Waals surface area contributed by atoms with Gasteiger partial charge in [0.05, 0.1) is 5.69 Å². The third-order valence-electron chi connectivity index (χ3n) is 7.09. The van der Waals surface area contributed by atoms with E-state index in [1.54, 1.807) is 20.8 Å². The van der Waals surface area contributed by atoms with Gasteiger partial charge < -0.3 is 25.4 Å². The van der Waals surface area contributed by atoms with Crippen molar-refractivity contribution in [3.8, 4) is 0 Å². The summed E-state index contributed by atoms with van der Waals surface area (Å²) in [4.78, 5) is 70.2. The van der Waals surface area contributed by atoms with Crippen LogP contribution in [0.25, 0.3) is 0 Å². The van der Waals surface area contributed by atoms with E-state index in [0.717, 1.165) is 22.5 Å². The highest BCUT2D eigenvalue weighted by Gasteiger charge is 2.55. The van der Waals surface area contributed by atoms with Crippen LogP contribution in [0.4, 0.5) is 9.93 Å². The summed E-state index contributed by atoms with van der Waals surface area (Å²) in [5, 5.41) is 8.71. The first-order valence-corrected chi connectivity index (χ1v) is 16.5. The number of thioether (sulfide) groups is 1. The average Bonchev–Trinajstić information content (AvgIpc) is 3.52. The molecule has 0 aliphatic carbocycles. The molecular formula is C33H33N5O7S2. The maximum Gasteiger partial charge on any atom is 0.408 e. The summed E-state index contributed by atoms with van der Waals surface area (Å²) >= 11 is 2.40. The molecule has 0 saturated carbocycles. The van der Waals surface area contributed by atoms with Crippen LogP contribution >= 0.6 is 23.1 Å². The number of ether oxygens (including phenoxy) is 2. The maximum absolute atomic E-state index is 13.9. The molecule has 1 aromatic heterocycles. The number of hydrogen-bond donors (Lipinski definition) is 3. The number of benzene rings is 2. The van der Waals surface area contributed by atoms with Crippen LogP contribution < -0.4 is 16.0 Å². The first-order valence-electron chi connectivity index (χ1n) is 14.6. The SMILES string of the molecule is C=CC1=C(C(=O)OC(c2ccccc2)c2ccccc2)N2C(=O)C(NC(=O)C(NC(=O)OC(C)(C)C)c3csc(NC=O)n3)[C@@H]2SC1. The zero-order valence-electron chi connectivity index (χ0n) is 25.8. The fourth-order valence-corrected chi connectivity index (χ4v) is 7.04. The second-order valence-electron chi connectivity index (χ2n) is 11.5. The molecule has 4 amide bonds. The Morgan fingerprint density at radius 1 is 1.06 bits per heavy atom. The largest absolute Gasteiger partial charge is 0.448 e. The predicted molar refractivity (Wildman–Crippen MR) is 177 cm³/mol. The monoisotopic (exact) mass is 675 g/mol. The molecule has 0 bridgehead atoms. The van der Waals surface area contributed by atoms with Crippen molar-refractivity contribution in [1.29, 1.82) is 0 Å². The number of alkyl carbamates (subject to hydrolysis) is 1. The van der Waals surface area contributed by atoms with Gasteiger partial charge in [-0.1, -0.05) is 73.3 Å². The molecule has 12 nitrogen and oxygen atoms in total. The van der Waals surface area contributed by atoms with Crippen molar-refractivity contribution in [3.63, 3.8) is 0 Å². The Hall–Kier alpha value is -4.95. The number of anilines is 1. The summed E-state index contributed by atoms with van der Waals surface area (Å²) in [6, 6.07) is 16.2. The number of esters is 1. The van der Waals surface area contributed by atoms with Gasteiger partial charge in [-0.3, -0.25) is 19.3 Å². The normalized spacial score (nSPS) is 18.0. The molecule has 1 fully saturated rings. The molecule has 3 heterocycles. The highest BCUT2D eigenvalue weighted by Crippen LogP contribution is 2.42. The summed E-state index contributed by atoms with van der Waals surface area (Å²) in [7, 11) is 0. The lowest BCUT2D eigenvalue weighted by Crippen LogP contribution is -2.71. The van der Waals surface area contributed by atoms with Gasteiger partial charge in [-0.05, 0) is 37.5 Å². The second kappa shape index (κ2) is 14.2. The zero-order chi connectivity index (χ0) is 33.7. The Bertz CT molecular complexity index is 1670. The molecule has 5 rings (SSSR count). The van der Waals surface area contributed by atoms with Crippen molar-refractivity contribution in [1.82, 2.24) is 20.5 Å². The third-order valence-corrected chi connectivity index (χ3v) is 9.18. The van der Waals surface area contributed by atoms with E-state index in [-0.39, 0.29) is 16.5 Å². The van der Waals surface area contributed by atoms with Crippen LogP contribution in [0.1, 0.15) is 49.7 Å². The summed E-state index contributed by atoms with van der Waals surface area (Å²) in [6.45, 7) is 8.87. The van der Waals surface area contributed by atoms with Crippen LogP contribution in [-0.2, 0) is 28.7 Å². The minimum absolute atomic E-state index is 0.0589. The van der Waals surface area contributed by atoms with Gasteiger partial charge in [-0.15, -0.1) is 23.1 Å². The van der Waals surface area contributed by atoms with Gasteiger partial charge in [0, 0.05) is 11.1 Å². The van der Waals surface area contributed by atoms with Crippen LogP contribution in [0.15, 0.2) is 90.0 Å². The fourth-order valence-electron chi connectivity index (χ4n) is 5.01. The summed E-state index contributed by atoms with van der Waals surface area (Å²) < 4.78 is 11.4. The standard InChI is InChI=1S/C33H33N5O7S2/c1-5-19-16-46-29-24(36-27(40)23(37-32(43)45-33(2,3)4)22-17-47-31(35-22)34-18-39)28(41)38(29)25(19)30(42)44-26(20-12-8-6-9-13-20)21-14-10-7-11-15-21/h5-15,17-18,23-24,26,29H,1,16H2,2-4H3,(H,36,40)(H,37,43)(H,34,35,39)/t23?,24?,29-/m0/s1. The van der Waals surface area contributed by atoms with E-state index in [4.69, 9.17) is 9.47 Å². The molecule has 3 aromatic rings. The van der Waals surface area contributed by atoms with Gasteiger partial charge in [0.1, 0.15) is 22.7 Å². The number of rotatable bonds is 11. The van der Waals surface area contributed by atoms with Crippen molar-refractivity contribution in [2.45, 2.75) is 49.9 Å². The average molecular weight is 676 g/mol.